The van der Waals surface area contributed by atoms with Crippen molar-refractivity contribution in [2.24, 2.45) is 0 Å². The second-order valence-electron chi connectivity index (χ2n) is 8.81. The van der Waals surface area contributed by atoms with Crippen LogP contribution in [0.2, 0.25) is 0 Å². The van der Waals surface area contributed by atoms with E-state index in [0.717, 1.165) is 12.1 Å². The van der Waals surface area contributed by atoms with Crippen molar-refractivity contribution in [2.75, 3.05) is 0 Å². The van der Waals surface area contributed by atoms with Crippen molar-refractivity contribution in [1.82, 2.24) is 4.90 Å². The van der Waals surface area contributed by atoms with Crippen LogP contribution in [-0.2, 0) is 0 Å². The van der Waals surface area contributed by atoms with E-state index in [1.54, 1.807) is 0 Å². The highest BCUT2D eigenvalue weighted by Crippen LogP contribution is 2.35. The minimum Gasteiger partial charge on any atom is -0.337 e. The summed E-state index contributed by atoms with van der Waals surface area (Å²) in [4.78, 5) is 2.43. The fourth-order valence-corrected chi connectivity index (χ4v) is 4.08. The van der Waals surface area contributed by atoms with Crippen LogP contribution in [0.15, 0.2) is 101 Å². The molecular formula is C34H45N. The monoisotopic (exact) mass is 467 g/mol. The Kier molecular flexibility index (Phi) is 13.3. The van der Waals surface area contributed by atoms with Crippen molar-refractivity contribution in [2.45, 2.75) is 81.7 Å². The predicted octanol–water partition coefficient (Wildman–Crippen LogP) is 9.72. The first kappa shape index (κ1) is 29.8. The van der Waals surface area contributed by atoms with Crippen molar-refractivity contribution in [3.8, 4) is 11.8 Å². The molecule has 0 bridgehead atoms. The Hall–Kier alpha value is -3.24. The fraction of sp³-hybridized carbons (Fsp3) is 0.353. The fourth-order valence-electron chi connectivity index (χ4n) is 4.08. The number of allylic oxidation sites excluding steroid dienone is 12. The maximum atomic E-state index is 3.17. The van der Waals surface area contributed by atoms with E-state index in [1.165, 1.54) is 39.1 Å². The number of aryl methyl sites for hydroxylation is 1. The summed E-state index contributed by atoms with van der Waals surface area (Å²) in [6.45, 7) is 21.5. The van der Waals surface area contributed by atoms with E-state index in [-0.39, 0.29) is 6.04 Å². The van der Waals surface area contributed by atoms with Gasteiger partial charge in [-0.05, 0) is 96.6 Å². The van der Waals surface area contributed by atoms with Gasteiger partial charge in [-0.15, -0.1) is 5.92 Å². The first-order valence-corrected chi connectivity index (χ1v) is 12.7. The summed E-state index contributed by atoms with van der Waals surface area (Å²) in [5.74, 6) is 6.20. The summed E-state index contributed by atoms with van der Waals surface area (Å²) < 4.78 is 0. The van der Waals surface area contributed by atoms with E-state index in [0.29, 0.717) is 0 Å². The molecule has 0 aliphatic heterocycles. The van der Waals surface area contributed by atoms with Crippen LogP contribution >= 0.6 is 0 Å². The molecule has 0 heterocycles. The quantitative estimate of drug-likeness (QED) is 0.244. The van der Waals surface area contributed by atoms with E-state index in [4.69, 9.17) is 0 Å². The normalized spacial score (nSPS) is 15.3. The Labute approximate surface area is 216 Å². The van der Waals surface area contributed by atoms with Gasteiger partial charge in [0.05, 0.1) is 5.70 Å². The van der Waals surface area contributed by atoms with E-state index < -0.39 is 0 Å². The summed E-state index contributed by atoms with van der Waals surface area (Å²) in [6.07, 6.45) is 18.3. The molecule has 0 spiro atoms. The predicted molar refractivity (Wildman–Crippen MR) is 158 cm³/mol. The summed E-state index contributed by atoms with van der Waals surface area (Å²) in [6, 6.07) is 8.76. The molecule has 0 saturated carbocycles. The molecule has 0 aliphatic carbocycles. The molecule has 1 aromatic rings. The molecule has 1 nitrogen and oxygen atoms in total. The molecule has 35 heavy (non-hydrogen) atoms. The van der Waals surface area contributed by atoms with Gasteiger partial charge in [0.15, 0.2) is 0 Å². The molecule has 1 atom stereocenters. The van der Waals surface area contributed by atoms with Crippen LogP contribution in [0.25, 0.3) is 5.57 Å². The Balaban J connectivity index is 4.11. The summed E-state index contributed by atoms with van der Waals surface area (Å²) >= 11 is 0. The molecule has 1 rings (SSSR count). The van der Waals surface area contributed by atoms with E-state index in [1.807, 2.05) is 13.0 Å². The van der Waals surface area contributed by atoms with Gasteiger partial charge in [-0.2, -0.15) is 0 Å². The van der Waals surface area contributed by atoms with Crippen LogP contribution in [0.5, 0.6) is 0 Å². The van der Waals surface area contributed by atoms with Crippen LogP contribution in [0.4, 0.5) is 0 Å². The SMILES string of the molecule is CC#C/C=C(\C)N(C(=C(/C=C\C)C(\C)=C\C)/C(C)=C(\C)c1ccccc1C)C(C)/C=C\C=C/CC. The Morgan fingerprint density at radius 1 is 1.06 bits per heavy atom. The lowest BCUT2D eigenvalue weighted by atomic mass is 9.91. The maximum Gasteiger partial charge on any atom is 0.0522 e. The minimum atomic E-state index is 0.131. The molecule has 0 aliphatic rings. The zero-order valence-electron chi connectivity index (χ0n) is 23.7. The van der Waals surface area contributed by atoms with E-state index in [9.17, 15) is 0 Å². The van der Waals surface area contributed by atoms with Crippen LogP contribution in [-0.4, -0.2) is 10.9 Å². The van der Waals surface area contributed by atoms with E-state index >= 15 is 0 Å². The zero-order valence-corrected chi connectivity index (χ0v) is 23.7. The standard InChI is InChI=1S/C34H45N/c1-11-15-17-18-24-29(8)35(28(7)23-16-12-2)34(33(21-13-3)26(5)14-4)31(10)30(9)32-25-20-19-22-27(32)6/h13-15,17-25,29H,11H2,1-10H3/b17-15-,21-13-,24-18-,26-14+,28-23+,31-30+,34-33-. The Bertz CT molecular complexity index is 1120. The van der Waals surface area contributed by atoms with Gasteiger partial charge in [0.2, 0.25) is 0 Å². The average Bonchev–Trinajstić information content (AvgIpc) is 2.86. The third-order valence-electron chi connectivity index (χ3n) is 6.24. The van der Waals surface area contributed by atoms with Crippen LogP contribution in [0.1, 0.15) is 79.9 Å². The average molecular weight is 468 g/mol. The van der Waals surface area contributed by atoms with Gasteiger partial charge in [0.1, 0.15) is 0 Å². The Morgan fingerprint density at radius 2 is 1.74 bits per heavy atom. The first-order chi connectivity index (χ1) is 16.7. The first-order valence-electron chi connectivity index (χ1n) is 12.7. The lowest BCUT2D eigenvalue weighted by Gasteiger charge is -2.35. The van der Waals surface area contributed by atoms with Crippen molar-refractivity contribution in [1.29, 1.82) is 0 Å². The van der Waals surface area contributed by atoms with Gasteiger partial charge in [-0.3, -0.25) is 0 Å². The summed E-state index contributed by atoms with van der Waals surface area (Å²) in [5, 5.41) is 0. The number of benzene rings is 1. The molecule has 0 N–H and O–H groups in total. The molecule has 0 amide bonds. The molecule has 0 radical (unpaired) electrons. The highest BCUT2D eigenvalue weighted by atomic mass is 15.2. The topological polar surface area (TPSA) is 3.24 Å². The third-order valence-corrected chi connectivity index (χ3v) is 6.24. The molecule has 0 saturated heterocycles. The van der Waals surface area contributed by atoms with Gasteiger partial charge >= 0.3 is 0 Å². The number of hydrogen-bond acceptors (Lipinski definition) is 1. The van der Waals surface area contributed by atoms with Crippen LogP contribution in [0, 0.1) is 18.8 Å². The highest BCUT2D eigenvalue weighted by Gasteiger charge is 2.23. The molecular weight excluding hydrogens is 422 g/mol. The zero-order chi connectivity index (χ0) is 26.4. The Morgan fingerprint density at radius 3 is 2.31 bits per heavy atom. The van der Waals surface area contributed by atoms with Crippen LogP contribution in [0.3, 0.4) is 0 Å². The molecule has 0 aromatic heterocycles. The number of rotatable bonds is 10. The number of nitrogens with zero attached hydrogens (tertiary/aromatic N) is 1. The third kappa shape index (κ3) is 8.48. The van der Waals surface area contributed by atoms with Gasteiger partial charge in [0.25, 0.3) is 0 Å². The maximum absolute atomic E-state index is 3.17. The van der Waals surface area contributed by atoms with Gasteiger partial charge in [0, 0.05) is 23.4 Å². The molecule has 0 fully saturated rings. The lowest BCUT2D eigenvalue weighted by Crippen LogP contribution is -2.31. The van der Waals surface area contributed by atoms with Crippen molar-refractivity contribution >= 4 is 5.57 Å². The summed E-state index contributed by atoms with van der Waals surface area (Å²) in [5.41, 5.74) is 9.91. The van der Waals surface area contributed by atoms with Gasteiger partial charge < -0.3 is 4.90 Å². The van der Waals surface area contributed by atoms with Gasteiger partial charge in [-0.25, -0.2) is 0 Å². The smallest absolute Gasteiger partial charge is 0.0522 e. The van der Waals surface area contributed by atoms with Crippen molar-refractivity contribution in [3.63, 3.8) is 0 Å². The van der Waals surface area contributed by atoms with Crippen molar-refractivity contribution in [3.05, 3.63) is 112 Å². The van der Waals surface area contributed by atoms with Crippen molar-refractivity contribution < 1.29 is 0 Å². The minimum absolute atomic E-state index is 0.131. The second kappa shape index (κ2) is 15.6. The molecule has 1 aromatic carbocycles. The largest absolute Gasteiger partial charge is 0.337 e. The number of hydrogen-bond donors (Lipinski definition) is 0. The lowest BCUT2D eigenvalue weighted by molar-refractivity contribution is 0.387. The summed E-state index contributed by atoms with van der Waals surface area (Å²) in [7, 11) is 0. The highest BCUT2D eigenvalue weighted by molar-refractivity contribution is 5.73. The molecule has 186 valence electrons. The second-order valence-corrected chi connectivity index (χ2v) is 8.81. The molecule has 1 unspecified atom stereocenters. The van der Waals surface area contributed by atoms with E-state index in [2.05, 4.69) is 146 Å². The molecule has 1 heteroatoms. The van der Waals surface area contributed by atoms with Crippen LogP contribution < -0.4 is 0 Å². The van der Waals surface area contributed by atoms with Gasteiger partial charge in [-0.1, -0.05) is 79.6 Å².